The molecular formula is C9H13ClN2O2. The Bertz CT molecular complexity index is 303. The first-order valence-electron chi connectivity index (χ1n) is 4.36. The molecule has 4 nitrogen and oxygen atoms in total. The third kappa shape index (κ3) is 2.56. The Labute approximate surface area is 87.8 Å². The van der Waals surface area contributed by atoms with E-state index in [4.69, 9.17) is 16.3 Å². The zero-order valence-electron chi connectivity index (χ0n) is 8.29. The maximum atomic E-state index is 11.6. The highest BCUT2D eigenvalue weighted by atomic mass is 35.5. The normalized spacial score (nSPS) is 10.5. The zero-order chi connectivity index (χ0) is 10.6. The standard InChI is InChI=1S/C9H13ClN2O2/c1-12-9(7(10)6-11-12)8(13)4-3-5-14-2/h6H,3-5H2,1-2H3. The van der Waals surface area contributed by atoms with E-state index < -0.39 is 0 Å². The molecule has 1 aromatic rings. The van der Waals surface area contributed by atoms with Crippen molar-refractivity contribution in [1.82, 2.24) is 9.78 Å². The Morgan fingerprint density at radius 2 is 2.43 bits per heavy atom. The van der Waals surface area contributed by atoms with E-state index in [1.807, 2.05) is 0 Å². The molecule has 0 fully saturated rings. The molecule has 0 amide bonds. The average molecular weight is 217 g/mol. The summed E-state index contributed by atoms with van der Waals surface area (Å²) in [7, 11) is 3.32. The van der Waals surface area contributed by atoms with Crippen molar-refractivity contribution in [2.45, 2.75) is 12.8 Å². The van der Waals surface area contributed by atoms with Crippen LogP contribution in [-0.2, 0) is 11.8 Å². The Morgan fingerprint density at radius 3 is 2.93 bits per heavy atom. The van der Waals surface area contributed by atoms with Crippen LogP contribution in [0.4, 0.5) is 0 Å². The quantitative estimate of drug-likeness (QED) is 0.556. The van der Waals surface area contributed by atoms with Crippen LogP contribution in [0.3, 0.4) is 0 Å². The lowest BCUT2D eigenvalue weighted by molar-refractivity contribution is 0.0954. The summed E-state index contributed by atoms with van der Waals surface area (Å²) in [6.45, 7) is 0.585. The van der Waals surface area contributed by atoms with E-state index in [-0.39, 0.29) is 5.78 Å². The van der Waals surface area contributed by atoms with Crippen LogP contribution in [-0.4, -0.2) is 29.3 Å². The zero-order valence-corrected chi connectivity index (χ0v) is 9.04. The van der Waals surface area contributed by atoms with Crippen LogP contribution in [0.25, 0.3) is 0 Å². The molecule has 1 rings (SSSR count). The number of nitrogens with zero attached hydrogens (tertiary/aromatic N) is 2. The van der Waals surface area contributed by atoms with Gasteiger partial charge in [0.15, 0.2) is 5.78 Å². The summed E-state index contributed by atoms with van der Waals surface area (Å²) in [4.78, 5) is 11.6. The molecule has 0 aliphatic carbocycles. The molecule has 5 heteroatoms. The molecule has 0 bridgehead atoms. The van der Waals surface area contributed by atoms with Gasteiger partial charge in [-0.2, -0.15) is 5.10 Å². The van der Waals surface area contributed by atoms with E-state index >= 15 is 0 Å². The molecule has 0 saturated carbocycles. The van der Waals surface area contributed by atoms with Crippen molar-refractivity contribution in [2.75, 3.05) is 13.7 Å². The average Bonchev–Trinajstić information content (AvgIpc) is 2.46. The molecule has 0 N–H and O–H groups in total. The van der Waals surface area contributed by atoms with Gasteiger partial charge in [-0.05, 0) is 6.42 Å². The molecule has 78 valence electrons. The van der Waals surface area contributed by atoms with Gasteiger partial charge in [-0.25, -0.2) is 0 Å². The fraction of sp³-hybridized carbons (Fsp3) is 0.556. The topological polar surface area (TPSA) is 44.1 Å². The molecule has 0 unspecified atom stereocenters. The molecule has 0 aromatic carbocycles. The summed E-state index contributed by atoms with van der Waals surface area (Å²) < 4.78 is 6.36. The number of ether oxygens (including phenoxy) is 1. The first-order valence-corrected chi connectivity index (χ1v) is 4.74. The summed E-state index contributed by atoms with van der Waals surface area (Å²) in [5.41, 5.74) is 0.475. The Kier molecular flexibility index (Phi) is 4.10. The number of ketones is 1. The van der Waals surface area contributed by atoms with Gasteiger partial charge < -0.3 is 4.74 Å². The molecule has 14 heavy (non-hydrogen) atoms. The van der Waals surface area contributed by atoms with Gasteiger partial charge in [-0.3, -0.25) is 9.48 Å². The van der Waals surface area contributed by atoms with Crippen LogP contribution < -0.4 is 0 Å². The number of Topliss-reactive ketones (excluding diaryl/α,β-unsaturated/α-hetero) is 1. The second-order valence-electron chi connectivity index (χ2n) is 2.98. The number of halogens is 1. The van der Waals surface area contributed by atoms with E-state index in [1.165, 1.54) is 10.9 Å². The van der Waals surface area contributed by atoms with Crippen molar-refractivity contribution in [2.24, 2.45) is 7.05 Å². The van der Waals surface area contributed by atoms with Gasteiger partial charge in [0.25, 0.3) is 0 Å². The van der Waals surface area contributed by atoms with Crippen LogP contribution in [0.1, 0.15) is 23.3 Å². The number of hydrogen-bond acceptors (Lipinski definition) is 3. The molecule has 0 atom stereocenters. The van der Waals surface area contributed by atoms with E-state index in [1.54, 1.807) is 14.2 Å². The molecule has 1 heterocycles. The van der Waals surface area contributed by atoms with Gasteiger partial charge in [0.1, 0.15) is 5.69 Å². The van der Waals surface area contributed by atoms with Crippen LogP contribution in [0.15, 0.2) is 6.20 Å². The number of methoxy groups -OCH3 is 1. The summed E-state index contributed by atoms with van der Waals surface area (Å²) in [6.07, 6.45) is 2.62. The number of aromatic nitrogens is 2. The van der Waals surface area contributed by atoms with Crippen LogP contribution in [0, 0.1) is 0 Å². The predicted molar refractivity (Wildman–Crippen MR) is 53.7 cm³/mol. The summed E-state index contributed by atoms with van der Waals surface area (Å²) in [6, 6.07) is 0. The fourth-order valence-corrected chi connectivity index (χ4v) is 1.49. The lowest BCUT2D eigenvalue weighted by atomic mass is 10.2. The summed E-state index contributed by atoms with van der Waals surface area (Å²) in [5, 5.41) is 4.31. The van der Waals surface area contributed by atoms with Crippen LogP contribution in [0.2, 0.25) is 5.02 Å². The van der Waals surface area contributed by atoms with Gasteiger partial charge >= 0.3 is 0 Å². The number of rotatable bonds is 5. The number of carbonyl (C=O) groups is 1. The number of carbonyl (C=O) groups excluding carboxylic acids is 1. The van der Waals surface area contributed by atoms with Crippen molar-refractivity contribution in [3.8, 4) is 0 Å². The molecule has 0 aliphatic rings. The van der Waals surface area contributed by atoms with Gasteiger partial charge in [0, 0.05) is 27.2 Å². The monoisotopic (exact) mass is 216 g/mol. The largest absolute Gasteiger partial charge is 0.385 e. The minimum atomic E-state index is 0.00653. The van der Waals surface area contributed by atoms with Crippen molar-refractivity contribution in [3.63, 3.8) is 0 Å². The van der Waals surface area contributed by atoms with Gasteiger partial charge in [0.05, 0.1) is 11.2 Å². The highest BCUT2D eigenvalue weighted by Crippen LogP contribution is 2.16. The minimum Gasteiger partial charge on any atom is -0.385 e. The highest BCUT2D eigenvalue weighted by molar-refractivity contribution is 6.33. The third-order valence-corrected chi connectivity index (χ3v) is 2.19. The van der Waals surface area contributed by atoms with Gasteiger partial charge in [-0.1, -0.05) is 11.6 Å². The van der Waals surface area contributed by atoms with Crippen molar-refractivity contribution < 1.29 is 9.53 Å². The second kappa shape index (κ2) is 5.12. The van der Waals surface area contributed by atoms with Crippen molar-refractivity contribution in [3.05, 3.63) is 16.9 Å². The Balaban J connectivity index is 2.60. The van der Waals surface area contributed by atoms with Crippen molar-refractivity contribution >= 4 is 17.4 Å². The fourth-order valence-electron chi connectivity index (χ4n) is 1.22. The van der Waals surface area contributed by atoms with E-state index in [2.05, 4.69) is 5.10 Å². The lowest BCUT2D eigenvalue weighted by Crippen LogP contribution is -2.08. The molecule has 0 saturated heterocycles. The van der Waals surface area contributed by atoms with E-state index in [9.17, 15) is 4.79 Å². The number of hydrogen-bond donors (Lipinski definition) is 0. The molecule has 0 spiro atoms. The molecule has 0 aliphatic heterocycles. The van der Waals surface area contributed by atoms with E-state index in [0.717, 1.165) is 0 Å². The summed E-state index contributed by atoms with van der Waals surface area (Å²) in [5.74, 6) is 0.00653. The first kappa shape index (κ1) is 11.2. The Hall–Kier alpha value is -0.870. The smallest absolute Gasteiger partial charge is 0.182 e. The van der Waals surface area contributed by atoms with Crippen LogP contribution in [0.5, 0.6) is 0 Å². The lowest BCUT2D eigenvalue weighted by Gasteiger charge is -2.01. The molecule has 1 aromatic heterocycles. The third-order valence-electron chi connectivity index (χ3n) is 1.91. The molecule has 0 radical (unpaired) electrons. The maximum Gasteiger partial charge on any atom is 0.182 e. The van der Waals surface area contributed by atoms with Crippen LogP contribution >= 0.6 is 11.6 Å². The SMILES string of the molecule is COCCCC(=O)c1c(Cl)cnn1C. The van der Waals surface area contributed by atoms with Gasteiger partial charge in [-0.15, -0.1) is 0 Å². The van der Waals surface area contributed by atoms with Crippen molar-refractivity contribution in [1.29, 1.82) is 0 Å². The van der Waals surface area contributed by atoms with E-state index in [0.29, 0.717) is 30.2 Å². The molecular weight excluding hydrogens is 204 g/mol. The van der Waals surface area contributed by atoms with Gasteiger partial charge in [0.2, 0.25) is 0 Å². The highest BCUT2D eigenvalue weighted by Gasteiger charge is 2.14. The summed E-state index contributed by atoms with van der Waals surface area (Å²) >= 11 is 5.82. The second-order valence-corrected chi connectivity index (χ2v) is 3.39. The first-order chi connectivity index (χ1) is 6.66. The Morgan fingerprint density at radius 1 is 1.71 bits per heavy atom. The minimum absolute atomic E-state index is 0.00653. The predicted octanol–water partition coefficient (Wildman–Crippen LogP) is 1.68. The maximum absolute atomic E-state index is 11.6. The number of aryl methyl sites for hydroxylation is 1.